The van der Waals surface area contributed by atoms with Gasteiger partial charge in [-0.1, -0.05) is 6.07 Å². The Morgan fingerprint density at radius 1 is 0.903 bits per heavy atom. The van der Waals surface area contributed by atoms with Gasteiger partial charge < -0.3 is 15.4 Å². The lowest BCUT2D eigenvalue weighted by atomic mass is 9.93. The molecule has 0 aliphatic heterocycles. The molecule has 2 aromatic rings. The summed E-state index contributed by atoms with van der Waals surface area (Å²) in [5, 5.41) is 5.10. The van der Waals surface area contributed by atoms with Crippen LogP contribution in [0, 0.1) is 0 Å². The van der Waals surface area contributed by atoms with Crippen molar-refractivity contribution in [2.45, 2.75) is 50.2 Å². The van der Waals surface area contributed by atoms with Crippen LogP contribution in [-0.4, -0.2) is 18.2 Å². The van der Waals surface area contributed by atoms with Crippen molar-refractivity contribution in [2.75, 3.05) is 5.32 Å². The second kappa shape index (κ2) is 9.07. The summed E-state index contributed by atoms with van der Waals surface area (Å²) in [4.78, 5) is 12.2. The Hall–Kier alpha value is -2.91. The van der Waals surface area contributed by atoms with Crippen LogP contribution in [0.2, 0.25) is 0 Å². The van der Waals surface area contributed by atoms with Gasteiger partial charge in [0.1, 0.15) is 11.9 Å². The van der Waals surface area contributed by atoms with Crippen molar-refractivity contribution in [3.63, 3.8) is 0 Å². The SMILES string of the molecule is O=C(Nc1cccc(C(F)(F)F)c1)N[C@H]1CCC[C@H](Oc2ccc(C(F)(F)F)cc2)C1. The molecule has 0 aromatic heterocycles. The monoisotopic (exact) mass is 446 g/mol. The Bertz CT molecular complexity index is 896. The van der Waals surface area contributed by atoms with E-state index in [9.17, 15) is 31.1 Å². The molecule has 2 atom stereocenters. The zero-order chi connectivity index (χ0) is 22.6. The third-order valence-corrected chi connectivity index (χ3v) is 4.89. The number of anilines is 1. The molecule has 2 N–H and O–H groups in total. The third-order valence-electron chi connectivity index (χ3n) is 4.89. The van der Waals surface area contributed by atoms with Crippen molar-refractivity contribution >= 4 is 11.7 Å². The van der Waals surface area contributed by atoms with Gasteiger partial charge in [0.05, 0.1) is 11.1 Å². The van der Waals surface area contributed by atoms with Crippen molar-refractivity contribution in [3.8, 4) is 5.75 Å². The number of ether oxygens (including phenoxy) is 1. The molecule has 1 aliphatic carbocycles. The van der Waals surface area contributed by atoms with Gasteiger partial charge in [0.25, 0.3) is 0 Å². The Labute approximate surface area is 174 Å². The smallest absolute Gasteiger partial charge is 0.416 e. The van der Waals surface area contributed by atoms with Crippen molar-refractivity contribution < 1.29 is 35.9 Å². The zero-order valence-electron chi connectivity index (χ0n) is 16.2. The number of alkyl halides is 6. The number of amides is 2. The maximum Gasteiger partial charge on any atom is 0.416 e. The van der Waals surface area contributed by atoms with E-state index in [1.807, 2.05) is 0 Å². The van der Waals surface area contributed by atoms with Crippen molar-refractivity contribution in [3.05, 3.63) is 59.7 Å². The molecule has 2 aromatic carbocycles. The van der Waals surface area contributed by atoms with Gasteiger partial charge >= 0.3 is 18.4 Å². The highest BCUT2D eigenvalue weighted by Gasteiger charge is 2.31. The molecule has 0 bridgehead atoms. The summed E-state index contributed by atoms with van der Waals surface area (Å²) in [6.45, 7) is 0. The van der Waals surface area contributed by atoms with E-state index in [4.69, 9.17) is 4.74 Å². The molecule has 0 saturated heterocycles. The lowest BCUT2D eigenvalue weighted by Gasteiger charge is -2.30. The number of hydrogen-bond acceptors (Lipinski definition) is 2. The Morgan fingerprint density at radius 2 is 1.58 bits per heavy atom. The molecular formula is C21H20F6N2O2. The second-order valence-corrected chi connectivity index (χ2v) is 7.30. The Balaban J connectivity index is 1.53. The number of urea groups is 1. The maximum absolute atomic E-state index is 12.8. The second-order valence-electron chi connectivity index (χ2n) is 7.30. The van der Waals surface area contributed by atoms with Crippen molar-refractivity contribution in [1.29, 1.82) is 0 Å². The number of hydrogen-bond donors (Lipinski definition) is 2. The van der Waals surface area contributed by atoms with E-state index in [1.54, 1.807) is 0 Å². The van der Waals surface area contributed by atoms with Crippen LogP contribution < -0.4 is 15.4 Å². The molecule has 4 nitrogen and oxygen atoms in total. The first-order valence-electron chi connectivity index (χ1n) is 9.59. The van der Waals surface area contributed by atoms with Crippen LogP contribution in [0.5, 0.6) is 5.75 Å². The normalized spacial score (nSPS) is 19.5. The van der Waals surface area contributed by atoms with Crippen LogP contribution in [0.25, 0.3) is 0 Å². The summed E-state index contributed by atoms with van der Waals surface area (Å²) in [5.41, 5.74) is -1.62. The third kappa shape index (κ3) is 6.53. The summed E-state index contributed by atoms with van der Waals surface area (Å²) >= 11 is 0. The maximum atomic E-state index is 12.8. The Kier molecular flexibility index (Phi) is 6.66. The van der Waals surface area contributed by atoms with Crippen LogP contribution in [0.3, 0.4) is 0 Å². The standard InChI is InChI=1S/C21H20F6N2O2/c22-20(23,24)13-7-9-17(10-8-13)31-18-6-2-5-16(12-18)29-19(30)28-15-4-1-3-14(11-15)21(25,26)27/h1,3-4,7-11,16,18H,2,5-6,12H2,(H2,28,29,30)/t16-,18-/m0/s1. The molecule has 2 amide bonds. The van der Waals surface area contributed by atoms with E-state index in [0.29, 0.717) is 25.0 Å². The molecular weight excluding hydrogens is 426 g/mol. The summed E-state index contributed by atoms with van der Waals surface area (Å²) in [6, 6.07) is 7.77. The molecule has 0 unspecified atom stereocenters. The average molecular weight is 446 g/mol. The molecule has 0 radical (unpaired) electrons. The van der Waals surface area contributed by atoms with E-state index in [2.05, 4.69) is 10.6 Å². The number of halogens is 6. The molecule has 10 heteroatoms. The largest absolute Gasteiger partial charge is 0.490 e. The van der Waals surface area contributed by atoms with Gasteiger partial charge in [-0.2, -0.15) is 26.3 Å². The average Bonchev–Trinajstić information content (AvgIpc) is 2.67. The number of carbonyl (C=O) groups is 1. The number of benzene rings is 2. The van der Waals surface area contributed by atoms with Gasteiger partial charge in [-0.05, 0) is 61.7 Å². The van der Waals surface area contributed by atoms with Crippen molar-refractivity contribution in [1.82, 2.24) is 5.32 Å². The van der Waals surface area contributed by atoms with Crippen LogP contribution >= 0.6 is 0 Å². The number of nitrogens with one attached hydrogen (secondary N) is 2. The first-order valence-corrected chi connectivity index (χ1v) is 9.59. The number of carbonyl (C=O) groups excluding carboxylic acids is 1. The van der Waals surface area contributed by atoms with Crippen LogP contribution in [0.1, 0.15) is 36.8 Å². The van der Waals surface area contributed by atoms with Crippen LogP contribution in [0.4, 0.5) is 36.8 Å². The highest BCUT2D eigenvalue weighted by molar-refractivity contribution is 5.89. The van der Waals surface area contributed by atoms with Gasteiger partial charge in [0, 0.05) is 18.2 Å². The fourth-order valence-corrected chi connectivity index (χ4v) is 3.42. The molecule has 1 aliphatic rings. The lowest BCUT2D eigenvalue weighted by Crippen LogP contribution is -2.43. The van der Waals surface area contributed by atoms with E-state index in [-0.39, 0.29) is 17.8 Å². The Morgan fingerprint density at radius 3 is 2.23 bits per heavy atom. The van der Waals surface area contributed by atoms with Gasteiger partial charge in [0.15, 0.2) is 0 Å². The molecule has 0 spiro atoms. The summed E-state index contributed by atoms with van der Waals surface area (Å²) in [7, 11) is 0. The molecule has 31 heavy (non-hydrogen) atoms. The van der Waals surface area contributed by atoms with Gasteiger partial charge in [-0.15, -0.1) is 0 Å². The molecule has 0 heterocycles. The predicted octanol–water partition coefficient (Wildman–Crippen LogP) is 6.24. The van der Waals surface area contributed by atoms with Gasteiger partial charge in [-0.3, -0.25) is 0 Å². The molecule has 1 saturated carbocycles. The minimum atomic E-state index is -4.51. The van der Waals surface area contributed by atoms with Crippen LogP contribution in [0.15, 0.2) is 48.5 Å². The highest BCUT2D eigenvalue weighted by Crippen LogP contribution is 2.32. The van der Waals surface area contributed by atoms with Crippen LogP contribution in [-0.2, 0) is 12.4 Å². The predicted molar refractivity (Wildman–Crippen MR) is 102 cm³/mol. The van der Waals surface area contributed by atoms with E-state index >= 15 is 0 Å². The summed E-state index contributed by atoms with van der Waals surface area (Å²) in [5.74, 6) is 0.298. The summed E-state index contributed by atoms with van der Waals surface area (Å²) < 4.78 is 82.0. The minimum Gasteiger partial charge on any atom is -0.490 e. The van der Waals surface area contributed by atoms with Gasteiger partial charge in [0.2, 0.25) is 0 Å². The first kappa shape index (κ1) is 22.8. The molecule has 1 fully saturated rings. The molecule has 3 rings (SSSR count). The fourth-order valence-electron chi connectivity index (χ4n) is 3.42. The first-order chi connectivity index (χ1) is 14.5. The van der Waals surface area contributed by atoms with E-state index in [0.717, 1.165) is 30.7 Å². The minimum absolute atomic E-state index is 0.0145. The fraction of sp³-hybridized carbons (Fsp3) is 0.381. The number of rotatable bonds is 4. The topological polar surface area (TPSA) is 50.4 Å². The zero-order valence-corrected chi connectivity index (χ0v) is 16.2. The van der Waals surface area contributed by atoms with Gasteiger partial charge in [-0.25, -0.2) is 4.79 Å². The lowest BCUT2D eigenvalue weighted by molar-refractivity contribution is -0.138. The summed E-state index contributed by atoms with van der Waals surface area (Å²) in [6.07, 6.45) is -6.76. The van der Waals surface area contributed by atoms with E-state index < -0.39 is 29.5 Å². The quantitative estimate of drug-likeness (QED) is 0.547. The van der Waals surface area contributed by atoms with E-state index in [1.165, 1.54) is 24.3 Å². The van der Waals surface area contributed by atoms with Crippen molar-refractivity contribution in [2.24, 2.45) is 0 Å². The highest BCUT2D eigenvalue weighted by atomic mass is 19.4. The molecule has 168 valence electrons.